The summed E-state index contributed by atoms with van der Waals surface area (Å²) >= 11 is 13.6. The lowest BCUT2D eigenvalue weighted by Crippen LogP contribution is -2.52. The summed E-state index contributed by atoms with van der Waals surface area (Å²) in [7, 11) is 0. The molecule has 0 saturated carbocycles. The third-order valence-corrected chi connectivity index (χ3v) is 6.45. The third kappa shape index (κ3) is 7.43. The van der Waals surface area contributed by atoms with Gasteiger partial charge in [0.05, 0.1) is 10.4 Å². The van der Waals surface area contributed by atoms with Crippen molar-refractivity contribution in [2.24, 2.45) is 5.92 Å². The third-order valence-electron chi connectivity index (χ3n) is 5.14. The first-order valence-electron chi connectivity index (χ1n) is 9.95. The van der Waals surface area contributed by atoms with E-state index < -0.39 is 18.0 Å². The smallest absolute Gasteiger partial charge is 0.413 e. The van der Waals surface area contributed by atoms with Crippen molar-refractivity contribution in [3.8, 4) is 10.4 Å². The molecule has 9 nitrogen and oxygen atoms in total. The molecule has 1 aromatic heterocycles. The van der Waals surface area contributed by atoms with Crippen LogP contribution in [0.1, 0.15) is 12.8 Å². The molecule has 2 bridgehead atoms. The Labute approximate surface area is 203 Å². The van der Waals surface area contributed by atoms with Crippen molar-refractivity contribution in [3.63, 3.8) is 0 Å². The molecule has 0 radical (unpaired) electrons. The zero-order valence-corrected chi connectivity index (χ0v) is 19.6. The highest BCUT2D eigenvalue weighted by Gasteiger charge is 2.36. The van der Waals surface area contributed by atoms with Gasteiger partial charge in [0.1, 0.15) is 6.10 Å². The fourth-order valence-corrected chi connectivity index (χ4v) is 4.93. The first kappa shape index (κ1) is 25.0. The number of nitrogens with one attached hydrogen (secondary N) is 1. The van der Waals surface area contributed by atoms with Gasteiger partial charge >= 0.3 is 18.0 Å². The molecule has 3 saturated heterocycles. The number of carbonyl (C=O) groups excluding carboxylic acids is 1. The predicted molar refractivity (Wildman–Crippen MR) is 125 cm³/mol. The summed E-state index contributed by atoms with van der Waals surface area (Å²) in [6.07, 6.45) is 2.82. The molecule has 0 spiro atoms. The van der Waals surface area contributed by atoms with Crippen molar-refractivity contribution < 1.29 is 29.3 Å². The number of amides is 1. The molecule has 4 heterocycles. The first-order chi connectivity index (χ1) is 15.7. The minimum Gasteiger partial charge on any atom is -0.478 e. The Kier molecular flexibility index (Phi) is 8.67. The Morgan fingerprint density at radius 2 is 1.70 bits per heavy atom. The van der Waals surface area contributed by atoms with Crippen LogP contribution in [-0.4, -0.2) is 63.9 Å². The molecular formula is C21H21Cl2N3O6S. The molecule has 1 amide bonds. The van der Waals surface area contributed by atoms with Crippen LogP contribution in [-0.2, 0) is 14.3 Å². The number of nitrogens with zero attached hydrogens (tertiary/aromatic N) is 2. The van der Waals surface area contributed by atoms with E-state index in [9.17, 15) is 14.4 Å². The van der Waals surface area contributed by atoms with Gasteiger partial charge in [-0.25, -0.2) is 19.4 Å². The predicted octanol–water partition coefficient (Wildman–Crippen LogP) is 4.47. The fraction of sp³-hybridized carbons (Fsp3) is 0.333. The molecule has 1 atom stereocenters. The van der Waals surface area contributed by atoms with Crippen LogP contribution in [0, 0.1) is 5.92 Å². The normalized spacial score (nSPS) is 21.2. The second kappa shape index (κ2) is 11.5. The number of carboxylic acid groups (broad SMARTS) is 2. The van der Waals surface area contributed by atoms with Crippen LogP contribution in [0.25, 0.3) is 10.4 Å². The molecule has 0 aliphatic carbocycles. The van der Waals surface area contributed by atoms with Crippen LogP contribution in [0.4, 0.5) is 10.6 Å². The molecule has 3 aliphatic heterocycles. The van der Waals surface area contributed by atoms with E-state index in [0.717, 1.165) is 42.9 Å². The van der Waals surface area contributed by atoms with Crippen molar-refractivity contribution in [1.82, 2.24) is 9.88 Å². The van der Waals surface area contributed by atoms with Crippen LogP contribution in [0.5, 0.6) is 0 Å². The highest BCUT2D eigenvalue weighted by molar-refractivity contribution is 7.13. The molecule has 5 rings (SSSR count). The second-order valence-electron chi connectivity index (χ2n) is 7.40. The number of aliphatic carboxylic acids is 2. The van der Waals surface area contributed by atoms with Crippen LogP contribution >= 0.6 is 34.5 Å². The highest BCUT2D eigenvalue weighted by atomic mass is 35.5. The molecule has 1 aromatic carbocycles. The Bertz CT molecular complexity index is 1020. The number of aromatic nitrogens is 1. The van der Waals surface area contributed by atoms with Gasteiger partial charge in [0.2, 0.25) is 0 Å². The fourth-order valence-electron chi connectivity index (χ4n) is 3.68. The highest BCUT2D eigenvalue weighted by Crippen LogP contribution is 2.35. The SMILES string of the molecule is O=C(Nc1ncsc1-c1cc(Cl)cc(Cl)c1)O[C@H]1CN2CCC1CC2.O=C(O)/C=C/C(=O)O. The van der Waals surface area contributed by atoms with E-state index in [0.29, 0.717) is 33.9 Å². The van der Waals surface area contributed by atoms with E-state index in [2.05, 4.69) is 15.2 Å². The van der Waals surface area contributed by atoms with Crippen molar-refractivity contribution in [2.75, 3.05) is 25.0 Å². The van der Waals surface area contributed by atoms with Crippen molar-refractivity contribution in [3.05, 3.63) is 45.9 Å². The van der Waals surface area contributed by atoms with Gasteiger partial charge in [-0.15, -0.1) is 11.3 Å². The van der Waals surface area contributed by atoms with E-state index in [1.807, 2.05) is 0 Å². The van der Waals surface area contributed by atoms with E-state index in [1.165, 1.54) is 11.3 Å². The number of halogens is 2. The topological polar surface area (TPSA) is 129 Å². The number of hydrogen-bond donors (Lipinski definition) is 3. The molecule has 3 fully saturated rings. The van der Waals surface area contributed by atoms with Crippen LogP contribution in [0.2, 0.25) is 10.0 Å². The standard InChI is InChI=1S/C17H17Cl2N3O2S.C4H4O4/c18-12-5-11(6-13(19)7-12)15-16(20-9-25-15)21-17(23)24-14-8-22-3-1-10(14)2-4-22;5-3(6)1-2-4(7)8/h5-7,9-10,14H,1-4,8H2,(H,21,23);1-2H,(H,5,6)(H,7,8)/b;2-1+/t14-;/m0./s1. The Balaban J connectivity index is 0.000000331. The van der Waals surface area contributed by atoms with Gasteiger partial charge in [0, 0.05) is 28.7 Å². The maximum atomic E-state index is 12.3. The number of ether oxygens (including phenoxy) is 1. The largest absolute Gasteiger partial charge is 0.478 e. The number of piperidine rings is 3. The van der Waals surface area contributed by atoms with Gasteiger partial charge in [-0.2, -0.15) is 0 Å². The summed E-state index contributed by atoms with van der Waals surface area (Å²) in [5.74, 6) is -1.58. The molecule has 0 unspecified atom stereocenters. The molecule has 12 heteroatoms. The van der Waals surface area contributed by atoms with Gasteiger partial charge < -0.3 is 14.9 Å². The maximum absolute atomic E-state index is 12.3. The summed E-state index contributed by atoms with van der Waals surface area (Å²) in [5.41, 5.74) is 2.49. The van der Waals surface area contributed by atoms with E-state index in [4.69, 9.17) is 38.2 Å². The van der Waals surface area contributed by atoms with Gasteiger partial charge in [-0.3, -0.25) is 10.2 Å². The number of carbonyl (C=O) groups is 3. The lowest BCUT2D eigenvalue weighted by Gasteiger charge is -2.43. The van der Waals surface area contributed by atoms with Crippen LogP contribution in [0.3, 0.4) is 0 Å². The first-order valence-corrected chi connectivity index (χ1v) is 11.6. The van der Waals surface area contributed by atoms with Gasteiger partial charge in [0.15, 0.2) is 5.82 Å². The minimum atomic E-state index is -1.26. The Morgan fingerprint density at radius 1 is 1.09 bits per heavy atom. The lowest BCUT2D eigenvalue weighted by molar-refractivity contribution is -0.134. The Hall–Kier alpha value is -2.66. The van der Waals surface area contributed by atoms with Crippen molar-refractivity contribution >= 4 is 58.4 Å². The quantitative estimate of drug-likeness (QED) is 0.499. The van der Waals surface area contributed by atoms with Crippen molar-refractivity contribution in [2.45, 2.75) is 18.9 Å². The number of hydrogen-bond acceptors (Lipinski definition) is 7. The summed E-state index contributed by atoms with van der Waals surface area (Å²) in [6, 6.07) is 5.26. The minimum absolute atomic E-state index is 0.0369. The molecule has 2 aromatic rings. The maximum Gasteiger partial charge on any atom is 0.413 e. The van der Waals surface area contributed by atoms with Crippen LogP contribution < -0.4 is 5.32 Å². The van der Waals surface area contributed by atoms with E-state index >= 15 is 0 Å². The second-order valence-corrected chi connectivity index (χ2v) is 9.13. The number of thiazole rings is 1. The van der Waals surface area contributed by atoms with E-state index in [-0.39, 0.29) is 6.10 Å². The van der Waals surface area contributed by atoms with Crippen LogP contribution in [0.15, 0.2) is 35.9 Å². The van der Waals surface area contributed by atoms with Gasteiger partial charge in [-0.05, 0) is 55.6 Å². The zero-order valence-electron chi connectivity index (χ0n) is 17.2. The molecule has 176 valence electrons. The van der Waals surface area contributed by atoms with Gasteiger partial charge in [0.25, 0.3) is 0 Å². The lowest BCUT2D eigenvalue weighted by atomic mass is 9.86. The number of rotatable bonds is 5. The number of carboxylic acids is 2. The van der Waals surface area contributed by atoms with Crippen molar-refractivity contribution in [1.29, 1.82) is 0 Å². The summed E-state index contributed by atoms with van der Waals surface area (Å²) in [5, 5.41) is 19.5. The number of anilines is 1. The Morgan fingerprint density at radius 3 is 2.21 bits per heavy atom. The summed E-state index contributed by atoms with van der Waals surface area (Å²) < 4.78 is 5.66. The number of benzene rings is 1. The summed E-state index contributed by atoms with van der Waals surface area (Å²) in [4.78, 5) is 38.8. The number of fused-ring (bicyclic) bond motifs is 3. The molecule has 33 heavy (non-hydrogen) atoms. The van der Waals surface area contributed by atoms with E-state index in [1.54, 1.807) is 23.7 Å². The molecule has 3 aliphatic rings. The zero-order chi connectivity index (χ0) is 24.0. The average Bonchev–Trinajstić information content (AvgIpc) is 3.21. The van der Waals surface area contributed by atoms with Gasteiger partial charge in [-0.1, -0.05) is 23.2 Å². The molecular weight excluding hydrogens is 493 g/mol. The summed E-state index contributed by atoms with van der Waals surface area (Å²) in [6.45, 7) is 3.04. The molecule has 3 N–H and O–H groups in total. The monoisotopic (exact) mass is 513 g/mol. The average molecular weight is 514 g/mol.